The summed E-state index contributed by atoms with van der Waals surface area (Å²) in [6, 6.07) is 9.74. The molecule has 2 heterocycles. The van der Waals surface area contributed by atoms with E-state index in [0.29, 0.717) is 16.7 Å². The van der Waals surface area contributed by atoms with Gasteiger partial charge in [0, 0.05) is 34.5 Å². The van der Waals surface area contributed by atoms with Crippen LogP contribution in [-0.2, 0) is 26.9 Å². The maximum atomic E-state index is 15.0. The first kappa shape index (κ1) is 27.0. The van der Waals surface area contributed by atoms with Crippen molar-refractivity contribution in [3.63, 3.8) is 0 Å². The second kappa shape index (κ2) is 9.38. The molecule has 4 amide bonds. The van der Waals surface area contributed by atoms with E-state index < -0.39 is 46.3 Å². The number of rotatable bonds is 5. The van der Waals surface area contributed by atoms with Crippen LogP contribution in [0.5, 0.6) is 0 Å². The monoisotopic (exact) mass is 521 g/mol. The lowest BCUT2D eigenvalue weighted by Crippen LogP contribution is -2.67. The molecule has 4 unspecified atom stereocenters. The summed E-state index contributed by atoms with van der Waals surface area (Å²) in [6.07, 6.45) is 0. The molecule has 2 aromatic carbocycles. The van der Waals surface area contributed by atoms with Gasteiger partial charge in [-0.15, -0.1) is 0 Å². The van der Waals surface area contributed by atoms with E-state index in [1.807, 2.05) is 0 Å². The Morgan fingerprint density at radius 2 is 1.78 bits per heavy atom. The van der Waals surface area contributed by atoms with E-state index in [4.69, 9.17) is 11.6 Å². The number of alkyl halides is 2. The van der Waals surface area contributed by atoms with Gasteiger partial charge in [-0.1, -0.05) is 35.9 Å². The fourth-order valence-corrected chi connectivity index (χ4v) is 5.15. The number of nitrogens with one attached hydrogen (secondary N) is 1. The maximum absolute atomic E-state index is 15.0. The molecule has 0 spiro atoms. The number of benzene rings is 2. The van der Waals surface area contributed by atoms with Crippen molar-refractivity contribution in [1.29, 1.82) is 0 Å². The average Bonchev–Trinajstić information content (AvgIpc) is 3.21. The quantitative estimate of drug-likeness (QED) is 0.362. The van der Waals surface area contributed by atoms with E-state index in [1.54, 1.807) is 49.6 Å². The van der Waals surface area contributed by atoms with Gasteiger partial charge >= 0.3 is 5.92 Å². The third-order valence-corrected chi connectivity index (χ3v) is 8.35. The third-order valence-electron chi connectivity index (χ3n) is 8.10. The smallest absolute Gasteiger partial charge is 0.348 e. The van der Waals surface area contributed by atoms with Crippen LogP contribution in [0.15, 0.2) is 42.5 Å². The lowest BCUT2D eigenvalue weighted by atomic mass is 9.48. The molecule has 2 aromatic rings. The Bertz CT molecular complexity index is 1320. The molecule has 0 saturated carbocycles. The van der Waals surface area contributed by atoms with Gasteiger partial charge < -0.3 is 9.71 Å². The van der Waals surface area contributed by atoms with E-state index in [0.717, 1.165) is 16.9 Å². The summed E-state index contributed by atoms with van der Waals surface area (Å²) in [4.78, 5) is 53.5. The first-order valence-electron chi connectivity index (χ1n) is 11.9. The second-order valence-electron chi connectivity index (χ2n) is 10.0. The van der Waals surface area contributed by atoms with E-state index in [9.17, 15) is 28.0 Å². The number of hydrogen-bond donors (Lipinski definition) is 1. The molecule has 1 fully saturated rings. The number of hydrogen-bond acceptors (Lipinski definition) is 4. The van der Waals surface area contributed by atoms with Crippen molar-refractivity contribution in [2.75, 3.05) is 0 Å². The minimum atomic E-state index is -3.76. The van der Waals surface area contributed by atoms with Crippen molar-refractivity contribution < 1.29 is 28.0 Å². The molecule has 2 aliphatic heterocycles. The minimum absolute atomic E-state index is 0.114. The van der Waals surface area contributed by atoms with E-state index in [1.165, 1.54) is 25.0 Å². The maximum Gasteiger partial charge on any atom is 0.348 e. The predicted octanol–water partition coefficient (Wildman–Crippen LogP) is -2.07. The molecule has 0 radical (unpaired) electrons. The number of nitrogens with zero attached hydrogens (tertiary/aromatic N) is 2. The molecule has 37 heavy (non-hydrogen) atoms. The zero-order valence-electron chi connectivity index (χ0n) is 21.1. The Kier molecular flexibility index (Phi) is 6.86. The summed E-state index contributed by atoms with van der Waals surface area (Å²) in [6.45, 7) is 0.114. The van der Waals surface area contributed by atoms with E-state index in [2.05, 4.69) is 5.32 Å². The summed E-state index contributed by atoms with van der Waals surface area (Å²) in [5.74, 6) is -8.03. The van der Waals surface area contributed by atoms with Gasteiger partial charge in [-0.05, 0) is 35.1 Å². The molecule has 4 atom stereocenters. The lowest BCUT2D eigenvalue weighted by Gasteiger charge is -2.47. The van der Waals surface area contributed by atoms with Crippen molar-refractivity contribution in [2.45, 2.75) is 35.5 Å². The molecule has 0 bridgehead atoms. The first-order chi connectivity index (χ1) is 17.2. The van der Waals surface area contributed by atoms with Gasteiger partial charge in [-0.2, -0.15) is 8.78 Å². The van der Waals surface area contributed by atoms with Crippen molar-refractivity contribution in [1.82, 2.24) is 15.0 Å². The highest BCUT2D eigenvalue weighted by Gasteiger charge is 2.54. The molecule has 1 saturated heterocycles. The van der Waals surface area contributed by atoms with Gasteiger partial charge in [0.1, 0.15) is 31.4 Å². The molecule has 15 heteroatoms. The summed E-state index contributed by atoms with van der Waals surface area (Å²) < 4.78 is 29.9. The van der Waals surface area contributed by atoms with Crippen molar-refractivity contribution in [2.24, 2.45) is 0 Å². The van der Waals surface area contributed by atoms with Crippen LogP contribution in [0, 0.1) is 0 Å². The van der Waals surface area contributed by atoms with Gasteiger partial charge in [0.25, 0.3) is 11.8 Å². The number of amides is 4. The molecule has 4 rings (SSSR count). The highest BCUT2D eigenvalue weighted by Crippen LogP contribution is 2.41. The Balaban J connectivity index is 1.58. The van der Waals surface area contributed by atoms with Crippen LogP contribution in [0.3, 0.4) is 0 Å². The second-order valence-corrected chi connectivity index (χ2v) is 10.5. The number of carbonyl (C=O) groups excluding carboxylic acids is 4. The van der Waals surface area contributed by atoms with Crippen LogP contribution in [0.1, 0.15) is 33.0 Å². The topological polar surface area (TPSA) is 86.8 Å². The average molecular weight is 521 g/mol. The summed E-state index contributed by atoms with van der Waals surface area (Å²) in [5, 5.41) is 2.65. The Morgan fingerprint density at radius 3 is 2.41 bits per heavy atom. The SMILES string of the molecule is BC1C(=O)NC(=O)C(B)(N2Cc3cc(C(B)N(B)C(=O)C(F)(F)c4ccc(Cl)cc4)ccc3C2=O)C1B. The molecule has 186 valence electrons. The van der Waals surface area contributed by atoms with Gasteiger partial charge in [0.15, 0.2) is 0 Å². The van der Waals surface area contributed by atoms with E-state index in [-0.39, 0.29) is 23.4 Å². The van der Waals surface area contributed by atoms with Crippen LogP contribution in [0.25, 0.3) is 0 Å². The summed E-state index contributed by atoms with van der Waals surface area (Å²) in [7, 11) is 8.05. The van der Waals surface area contributed by atoms with Crippen LogP contribution in [-0.4, -0.2) is 78.1 Å². The van der Waals surface area contributed by atoms with Crippen molar-refractivity contribution in [3.05, 3.63) is 69.7 Å². The Hall–Kier alpha value is -3.01. The normalized spacial score (nSPS) is 24.4. The first-order valence-corrected chi connectivity index (χ1v) is 12.3. The standard InChI is InChI=1S/C22H23B5ClF2N3O4/c23-14-15(24)21(26,19(36)31-17(14)34)32-8-10-7-9(1-6-13(10)18(32)35)16(25)33(27)20(37)22(29,30)11-2-4-12(28)5-3-11/h1-7,14-16H,8,23-27H2,(H,31,34,36). The van der Waals surface area contributed by atoms with Gasteiger partial charge in [-0.25, -0.2) is 0 Å². The van der Waals surface area contributed by atoms with Crippen molar-refractivity contribution in [3.8, 4) is 0 Å². The zero-order valence-corrected chi connectivity index (χ0v) is 21.9. The fraction of sp³-hybridized carbons (Fsp3) is 0.273. The van der Waals surface area contributed by atoms with Gasteiger partial charge in [0.05, 0.1) is 5.44 Å². The highest BCUT2D eigenvalue weighted by atomic mass is 35.5. The van der Waals surface area contributed by atoms with Crippen LogP contribution in [0.4, 0.5) is 8.78 Å². The number of carbonyl (C=O) groups is 4. The molecule has 7 nitrogen and oxygen atoms in total. The molecule has 2 aliphatic rings. The Labute approximate surface area is 222 Å². The highest BCUT2D eigenvalue weighted by molar-refractivity contribution is 6.43. The Morgan fingerprint density at radius 1 is 1.16 bits per heavy atom. The summed E-state index contributed by atoms with van der Waals surface area (Å²) >= 11 is 5.78. The number of fused-ring (bicyclic) bond motifs is 1. The molecular formula is C22H23B5ClF2N3O4. The molecular weight excluding hydrogens is 498 g/mol. The van der Waals surface area contributed by atoms with Crippen molar-refractivity contribution >= 4 is 74.6 Å². The van der Waals surface area contributed by atoms with Crippen LogP contribution < -0.4 is 5.32 Å². The van der Waals surface area contributed by atoms with Crippen LogP contribution in [0.2, 0.25) is 16.7 Å². The molecule has 0 aromatic heterocycles. The number of imide groups is 1. The van der Waals surface area contributed by atoms with E-state index >= 15 is 0 Å². The van der Waals surface area contributed by atoms with Crippen LogP contribution >= 0.6 is 11.6 Å². The largest absolute Gasteiger partial charge is 0.389 e. The van der Waals surface area contributed by atoms with Gasteiger partial charge in [0.2, 0.25) is 19.8 Å². The molecule has 0 aliphatic carbocycles. The number of piperidine rings is 1. The number of halogens is 3. The molecule has 1 N–H and O–H groups in total. The predicted molar refractivity (Wildman–Crippen MR) is 147 cm³/mol. The van der Waals surface area contributed by atoms with Gasteiger partial charge in [-0.3, -0.25) is 24.5 Å². The minimum Gasteiger partial charge on any atom is -0.389 e. The third kappa shape index (κ3) is 4.29. The lowest BCUT2D eigenvalue weighted by molar-refractivity contribution is -0.154. The fourth-order valence-electron chi connectivity index (χ4n) is 5.02. The zero-order chi connectivity index (χ0) is 27.4. The summed E-state index contributed by atoms with van der Waals surface area (Å²) in [5.41, 5.74) is -0.140.